The lowest BCUT2D eigenvalue weighted by Crippen LogP contribution is -2.34. The second-order valence-corrected chi connectivity index (χ2v) is 6.85. The molecule has 0 N–H and O–H groups in total. The fraction of sp³-hybridized carbons (Fsp3) is 0.471. The summed E-state index contributed by atoms with van der Waals surface area (Å²) in [7, 11) is 0. The van der Waals surface area contributed by atoms with Crippen LogP contribution in [0.4, 0.5) is 9.52 Å². The first-order valence-corrected chi connectivity index (χ1v) is 8.72. The molecule has 23 heavy (non-hydrogen) atoms. The number of nitrogens with zero attached hydrogens (tertiary/aromatic N) is 3. The Hall–Kier alpha value is -1.82. The predicted octanol–water partition coefficient (Wildman–Crippen LogP) is 4.52. The van der Waals surface area contributed by atoms with Crippen LogP contribution in [0.15, 0.2) is 24.3 Å². The van der Waals surface area contributed by atoms with Crippen molar-refractivity contribution in [2.24, 2.45) is 5.92 Å². The van der Waals surface area contributed by atoms with Crippen molar-refractivity contribution in [1.29, 1.82) is 0 Å². The van der Waals surface area contributed by atoms with Gasteiger partial charge in [0.05, 0.1) is 0 Å². The van der Waals surface area contributed by atoms with Gasteiger partial charge in [0.2, 0.25) is 11.0 Å². The number of amides is 1. The monoisotopic (exact) mass is 335 g/mol. The normalized spacial score (nSPS) is 11.0. The second kappa shape index (κ2) is 8.15. The highest BCUT2D eigenvalue weighted by Gasteiger charge is 2.21. The quantitative estimate of drug-likeness (QED) is 0.747. The highest BCUT2D eigenvalue weighted by atomic mass is 32.1. The Labute approximate surface area is 140 Å². The Balaban J connectivity index is 2.22. The van der Waals surface area contributed by atoms with Gasteiger partial charge in [-0.15, -0.1) is 10.2 Å². The third kappa shape index (κ3) is 4.82. The van der Waals surface area contributed by atoms with Crippen molar-refractivity contribution >= 4 is 22.4 Å². The maximum atomic E-state index is 13.0. The zero-order valence-electron chi connectivity index (χ0n) is 13.8. The summed E-state index contributed by atoms with van der Waals surface area (Å²) in [5.74, 6) is 0.149. The molecule has 0 spiro atoms. The maximum Gasteiger partial charge on any atom is 0.228 e. The number of unbranched alkanes of at least 4 members (excludes halogenated alkanes) is 1. The third-order valence-electron chi connectivity index (χ3n) is 3.33. The molecule has 124 valence electrons. The van der Waals surface area contributed by atoms with Gasteiger partial charge in [0, 0.05) is 18.5 Å². The molecule has 0 atom stereocenters. The molecule has 1 aromatic carbocycles. The summed E-state index contributed by atoms with van der Waals surface area (Å²) in [4.78, 5) is 14.2. The zero-order valence-corrected chi connectivity index (χ0v) is 14.6. The highest BCUT2D eigenvalue weighted by molar-refractivity contribution is 7.18. The standard InChI is InChI=1S/C17H22FN3OS/c1-4-5-6-15(22)21(11-12(2)3)17-20-19-16(23-17)13-7-9-14(18)10-8-13/h7-10,12H,4-6,11H2,1-3H3. The second-order valence-electron chi connectivity index (χ2n) is 5.90. The number of halogens is 1. The van der Waals surface area contributed by atoms with E-state index in [0.29, 0.717) is 29.0 Å². The summed E-state index contributed by atoms with van der Waals surface area (Å²) in [6, 6.07) is 6.14. The minimum Gasteiger partial charge on any atom is -0.286 e. The number of benzene rings is 1. The van der Waals surface area contributed by atoms with Crippen LogP contribution in [-0.4, -0.2) is 22.6 Å². The first-order valence-electron chi connectivity index (χ1n) is 7.91. The molecule has 0 saturated heterocycles. The lowest BCUT2D eigenvalue weighted by atomic mass is 10.2. The molecule has 1 aromatic heterocycles. The largest absolute Gasteiger partial charge is 0.286 e. The number of hydrogen-bond acceptors (Lipinski definition) is 4. The summed E-state index contributed by atoms with van der Waals surface area (Å²) in [6.45, 7) is 6.84. The number of hydrogen-bond donors (Lipinski definition) is 0. The van der Waals surface area contributed by atoms with Crippen LogP contribution in [0.2, 0.25) is 0 Å². The summed E-state index contributed by atoms with van der Waals surface area (Å²) in [5, 5.41) is 9.64. The van der Waals surface area contributed by atoms with Gasteiger partial charge in [-0.3, -0.25) is 9.69 Å². The van der Waals surface area contributed by atoms with E-state index in [1.165, 1.54) is 23.5 Å². The van der Waals surface area contributed by atoms with Crippen molar-refractivity contribution in [2.45, 2.75) is 40.0 Å². The Morgan fingerprint density at radius 1 is 1.26 bits per heavy atom. The number of anilines is 1. The predicted molar refractivity (Wildman–Crippen MR) is 92.0 cm³/mol. The minimum atomic E-state index is -0.283. The molecule has 0 bridgehead atoms. The van der Waals surface area contributed by atoms with Crippen molar-refractivity contribution in [3.05, 3.63) is 30.1 Å². The van der Waals surface area contributed by atoms with Gasteiger partial charge in [-0.2, -0.15) is 0 Å². The van der Waals surface area contributed by atoms with E-state index in [2.05, 4.69) is 31.0 Å². The van der Waals surface area contributed by atoms with Crippen LogP contribution in [0.5, 0.6) is 0 Å². The summed E-state index contributed by atoms with van der Waals surface area (Å²) in [5.41, 5.74) is 0.806. The van der Waals surface area contributed by atoms with Crippen LogP contribution in [-0.2, 0) is 4.79 Å². The van der Waals surface area contributed by atoms with Crippen LogP contribution < -0.4 is 4.90 Å². The van der Waals surface area contributed by atoms with Crippen molar-refractivity contribution < 1.29 is 9.18 Å². The summed E-state index contributed by atoms with van der Waals surface area (Å²) >= 11 is 1.36. The van der Waals surface area contributed by atoms with Gasteiger partial charge in [-0.05, 0) is 36.6 Å². The van der Waals surface area contributed by atoms with E-state index in [9.17, 15) is 9.18 Å². The van der Waals surface area contributed by atoms with E-state index in [1.807, 2.05) is 0 Å². The third-order valence-corrected chi connectivity index (χ3v) is 4.32. The first kappa shape index (κ1) is 17.5. The fourth-order valence-electron chi connectivity index (χ4n) is 2.15. The van der Waals surface area contributed by atoms with Crippen LogP contribution in [0.1, 0.15) is 40.0 Å². The van der Waals surface area contributed by atoms with Gasteiger partial charge in [0.25, 0.3) is 0 Å². The highest BCUT2D eigenvalue weighted by Crippen LogP contribution is 2.29. The van der Waals surface area contributed by atoms with E-state index in [-0.39, 0.29) is 11.7 Å². The Kier molecular flexibility index (Phi) is 6.21. The lowest BCUT2D eigenvalue weighted by Gasteiger charge is -2.21. The Bertz CT molecular complexity index is 640. The molecule has 4 nitrogen and oxygen atoms in total. The average molecular weight is 335 g/mol. The van der Waals surface area contributed by atoms with Crippen LogP contribution in [0, 0.1) is 11.7 Å². The Morgan fingerprint density at radius 3 is 2.57 bits per heavy atom. The molecular formula is C17H22FN3OS. The van der Waals surface area contributed by atoms with Gasteiger partial charge in [0.1, 0.15) is 10.8 Å². The van der Waals surface area contributed by atoms with E-state index >= 15 is 0 Å². The molecule has 0 unspecified atom stereocenters. The molecule has 0 aliphatic heterocycles. The molecule has 0 saturated carbocycles. The van der Waals surface area contributed by atoms with Crippen LogP contribution >= 0.6 is 11.3 Å². The van der Waals surface area contributed by atoms with Gasteiger partial charge >= 0.3 is 0 Å². The minimum absolute atomic E-state index is 0.0855. The van der Waals surface area contributed by atoms with Crippen LogP contribution in [0.3, 0.4) is 0 Å². The van der Waals surface area contributed by atoms with Gasteiger partial charge in [-0.1, -0.05) is 38.5 Å². The van der Waals surface area contributed by atoms with Gasteiger partial charge in [0.15, 0.2) is 0 Å². The van der Waals surface area contributed by atoms with E-state index in [0.717, 1.165) is 18.4 Å². The number of carbonyl (C=O) groups excluding carboxylic acids is 1. The molecule has 0 radical (unpaired) electrons. The van der Waals surface area contributed by atoms with Crippen molar-refractivity contribution in [2.75, 3.05) is 11.4 Å². The molecule has 6 heteroatoms. The fourth-order valence-corrected chi connectivity index (χ4v) is 3.03. The first-order chi connectivity index (χ1) is 11.0. The number of carbonyl (C=O) groups is 1. The van der Waals surface area contributed by atoms with Crippen LogP contribution in [0.25, 0.3) is 10.6 Å². The average Bonchev–Trinajstić information content (AvgIpc) is 3.00. The van der Waals surface area contributed by atoms with E-state index < -0.39 is 0 Å². The molecule has 2 aromatic rings. The van der Waals surface area contributed by atoms with Crippen molar-refractivity contribution in [3.8, 4) is 10.6 Å². The van der Waals surface area contributed by atoms with Gasteiger partial charge in [-0.25, -0.2) is 4.39 Å². The molecule has 0 aliphatic carbocycles. The molecule has 1 amide bonds. The molecule has 1 heterocycles. The number of rotatable bonds is 7. The molecule has 0 fully saturated rings. The Morgan fingerprint density at radius 2 is 1.96 bits per heavy atom. The smallest absolute Gasteiger partial charge is 0.228 e. The number of aromatic nitrogens is 2. The van der Waals surface area contributed by atoms with E-state index in [1.54, 1.807) is 17.0 Å². The van der Waals surface area contributed by atoms with E-state index in [4.69, 9.17) is 0 Å². The van der Waals surface area contributed by atoms with Gasteiger partial charge < -0.3 is 0 Å². The lowest BCUT2D eigenvalue weighted by molar-refractivity contribution is -0.118. The molecule has 0 aliphatic rings. The maximum absolute atomic E-state index is 13.0. The van der Waals surface area contributed by atoms with Crippen molar-refractivity contribution in [3.63, 3.8) is 0 Å². The summed E-state index contributed by atoms with van der Waals surface area (Å²) < 4.78 is 13.0. The SMILES string of the molecule is CCCCC(=O)N(CC(C)C)c1nnc(-c2ccc(F)cc2)s1. The summed E-state index contributed by atoms with van der Waals surface area (Å²) in [6.07, 6.45) is 2.38. The molecular weight excluding hydrogens is 313 g/mol. The van der Waals surface area contributed by atoms with Crippen molar-refractivity contribution in [1.82, 2.24) is 10.2 Å². The topological polar surface area (TPSA) is 46.1 Å². The molecule has 2 rings (SSSR count). The zero-order chi connectivity index (χ0) is 16.8.